The Hall–Kier alpha value is -1.95. The fourth-order valence-corrected chi connectivity index (χ4v) is 2.38. The van der Waals surface area contributed by atoms with E-state index in [0.29, 0.717) is 6.42 Å². The molecule has 140 valence electrons. The monoisotopic (exact) mass is 352 g/mol. The Balaban J connectivity index is 2.49. The molecule has 0 spiro atoms. The van der Waals surface area contributed by atoms with Crippen LogP contribution in [0.5, 0.6) is 0 Å². The molecule has 0 aliphatic rings. The number of nitrogens with one attached hydrogen (secondary N) is 1. The lowest BCUT2D eigenvalue weighted by molar-refractivity contribution is -0.155. The number of rotatable bonds is 7. The molecule has 0 saturated heterocycles. The van der Waals surface area contributed by atoms with Crippen molar-refractivity contribution in [2.24, 2.45) is 5.73 Å². The van der Waals surface area contributed by atoms with Crippen molar-refractivity contribution >= 4 is 11.9 Å². The minimum atomic E-state index is -0.792. The van der Waals surface area contributed by atoms with Gasteiger partial charge in [0, 0.05) is 12.0 Å². The van der Waals surface area contributed by atoms with Crippen molar-refractivity contribution in [1.82, 2.24) is 5.32 Å². The molecule has 1 unspecified atom stereocenters. The Labute approximate surface area is 149 Å². The summed E-state index contributed by atoms with van der Waals surface area (Å²) in [4.78, 5) is 24.0. The van der Waals surface area contributed by atoms with Gasteiger partial charge >= 0.3 is 5.97 Å². The van der Waals surface area contributed by atoms with Crippen LogP contribution in [0.25, 0.3) is 0 Å². The van der Waals surface area contributed by atoms with Crippen LogP contribution in [-0.2, 0) is 20.7 Å². The number of hydrogen-bond acceptors (Lipinski definition) is 4. The topological polar surface area (TPSA) is 81.4 Å². The van der Waals surface area contributed by atoms with E-state index in [9.17, 15) is 14.0 Å². The van der Waals surface area contributed by atoms with Crippen LogP contribution in [0, 0.1) is 5.82 Å². The van der Waals surface area contributed by atoms with Crippen molar-refractivity contribution in [2.75, 3.05) is 0 Å². The molecule has 1 rings (SSSR count). The molecule has 0 aromatic heterocycles. The molecule has 5 nitrogen and oxygen atoms in total. The Morgan fingerprint density at radius 1 is 1.16 bits per heavy atom. The largest absolute Gasteiger partial charge is 0.460 e. The summed E-state index contributed by atoms with van der Waals surface area (Å²) in [7, 11) is 0. The van der Waals surface area contributed by atoms with Crippen LogP contribution in [0.3, 0.4) is 0 Å². The molecular formula is C19H29FN2O3. The molecule has 0 radical (unpaired) electrons. The Morgan fingerprint density at radius 3 is 2.24 bits per heavy atom. The third-order valence-corrected chi connectivity index (χ3v) is 3.44. The SMILES string of the molecule is CC(C)(Cc1ccc(F)cc1)NC(=O)C(N)CCC(=O)OC(C)(C)C. The number of amides is 1. The van der Waals surface area contributed by atoms with Crippen LogP contribution in [0.4, 0.5) is 4.39 Å². The van der Waals surface area contributed by atoms with E-state index in [2.05, 4.69) is 5.32 Å². The molecule has 6 heteroatoms. The summed E-state index contributed by atoms with van der Waals surface area (Å²) in [5, 5.41) is 2.88. The molecule has 3 N–H and O–H groups in total. The molecular weight excluding hydrogens is 323 g/mol. The van der Waals surface area contributed by atoms with Gasteiger partial charge in [-0.05, 0) is 65.2 Å². The average molecular weight is 352 g/mol. The first-order valence-electron chi connectivity index (χ1n) is 8.42. The zero-order valence-corrected chi connectivity index (χ0v) is 15.7. The first-order valence-corrected chi connectivity index (χ1v) is 8.42. The molecule has 1 atom stereocenters. The highest BCUT2D eigenvalue weighted by atomic mass is 19.1. The van der Waals surface area contributed by atoms with Crippen LogP contribution < -0.4 is 11.1 Å². The molecule has 0 saturated carbocycles. The third-order valence-electron chi connectivity index (χ3n) is 3.44. The van der Waals surface area contributed by atoms with Crippen LogP contribution in [0.15, 0.2) is 24.3 Å². The zero-order valence-electron chi connectivity index (χ0n) is 15.7. The highest BCUT2D eigenvalue weighted by Crippen LogP contribution is 2.14. The lowest BCUT2D eigenvalue weighted by atomic mass is 9.94. The second-order valence-corrected chi connectivity index (χ2v) is 7.91. The van der Waals surface area contributed by atoms with E-state index in [4.69, 9.17) is 10.5 Å². The van der Waals surface area contributed by atoms with Gasteiger partial charge in [-0.2, -0.15) is 0 Å². The number of carbonyl (C=O) groups is 2. The number of hydrogen-bond donors (Lipinski definition) is 2. The summed E-state index contributed by atoms with van der Waals surface area (Å²) in [6, 6.07) is 5.36. The third kappa shape index (κ3) is 8.63. The molecule has 25 heavy (non-hydrogen) atoms. The molecule has 0 aliphatic carbocycles. The van der Waals surface area contributed by atoms with Gasteiger partial charge in [-0.15, -0.1) is 0 Å². The highest BCUT2D eigenvalue weighted by molar-refractivity contribution is 5.83. The van der Waals surface area contributed by atoms with Crippen LogP contribution in [-0.4, -0.2) is 29.1 Å². The summed E-state index contributed by atoms with van der Waals surface area (Å²) < 4.78 is 18.2. The van der Waals surface area contributed by atoms with Gasteiger partial charge in [-0.1, -0.05) is 12.1 Å². The summed E-state index contributed by atoms with van der Waals surface area (Å²) in [6.07, 6.45) is 0.843. The fraction of sp³-hybridized carbons (Fsp3) is 0.579. The highest BCUT2D eigenvalue weighted by Gasteiger charge is 2.25. The van der Waals surface area contributed by atoms with E-state index < -0.39 is 17.2 Å². The van der Waals surface area contributed by atoms with Crippen LogP contribution in [0.1, 0.15) is 53.0 Å². The first kappa shape index (κ1) is 21.1. The maximum absolute atomic E-state index is 13.0. The van der Waals surface area contributed by atoms with Crippen LogP contribution >= 0.6 is 0 Å². The number of nitrogens with two attached hydrogens (primary N) is 1. The molecule has 1 aromatic rings. The van der Waals surface area contributed by atoms with Gasteiger partial charge in [-0.25, -0.2) is 4.39 Å². The second-order valence-electron chi connectivity index (χ2n) is 7.91. The predicted octanol–water partition coefficient (Wildman–Crippen LogP) is 2.71. The molecule has 1 aromatic carbocycles. The van der Waals surface area contributed by atoms with Gasteiger partial charge < -0.3 is 15.8 Å². The van der Waals surface area contributed by atoms with Gasteiger partial charge in [0.25, 0.3) is 0 Å². The number of esters is 1. The van der Waals surface area contributed by atoms with Gasteiger partial charge in [0.15, 0.2) is 0 Å². The summed E-state index contributed by atoms with van der Waals surface area (Å²) in [5.74, 6) is -0.994. The lowest BCUT2D eigenvalue weighted by Gasteiger charge is -2.28. The lowest BCUT2D eigenvalue weighted by Crippen LogP contribution is -2.51. The minimum absolute atomic E-state index is 0.0875. The van der Waals surface area contributed by atoms with Crippen molar-refractivity contribution in [3.05, 3.63) is 35.6 Å². The van der Waals surface area contributed by atoms with Crippen molar-refractivity contribution < 1.29 is 18.7 Å². The van der Waals surface area contributed by atoms with E-state index >= 15 is 0 Å². The Bertz CT molecular complexity index is 592. The van der Waals surface area contributed by atoms with Gasteiger partial charge in [-0.3, -0.25) is 9.59 Å². The van der Waals surface area contributed by atoms with E-state index in [-0.39, 0.29) is 30.5 Å². The number of halogens is 1. The number of ether oxygens (including phenoxy) is 1. The van der Waals surface area contributed by atoms with E-state index in [1.807, 2.05) is 13.8 Å². The standard InChI is InChI=1S/C19H29FN2O3/c1-18(2,3)25-16(23)11-10-15(21)17(24)22-19(4,5)12-13-6-8-14(20)9-7-13/h6-9,15H,10-12,21H2,1-5H3,(H,22,24). The maximum atomic E-state index is 13.0. The van der Waals surface area contributed by atoms with Gasteiger partial charge in [0.05, 0.1) is 6.04 Å². The summed E-state index contributed by atoms with van der Waals surface area (Å²) in [6.45, 7) is 9.10. The Morgan fingerprint density at radius 2 is 1.72 bits per heavy atom. The molecule has 1 amide bonds. The minimum Gasteiger partial charge on any atom is -0.460 e. The van der Waals surface area contributed by atoms with E-state index in [1.165, 1.54) is 12.1 Å². The smallest absolute Gasteiger partial charge is 0.306 e. The predicted molar refractivity (Wildman–Crippen MR) is 95.4 cm³/mol. The van der Waals surface area contributed by atoms with Crippen molar-refractivity contribution in [1.29, 1.82) is 0 Å². The van der Waals surface area contributed by atoms with Crippen LogP contribution in [0.2, 0.25) is 0 Å². The quantitative estimate of drug-likeness (QED) is 0.739. The van der Waals surface area contributed by atoms with Gasteiger partial charge in [0.1, 0.15) is 11.4 Å². The first-order chi connectivity index (χ1) is 11.4. The van der Waals surface area contributed by atoms with Crippen molar-refractivity contribution in [3.63, 3.8) is 0 Å². The molecule has 0 fully saturated rings. The summed E-state index contributed by atoms with van der Waals surface area (Å²) in [5.41, 5.74) is 5.69. The number of carbonyl (C=O) groups excluding carboxylic acids is 2. The Kier molecular flexibility index (Phi) is 7.11. The zero-order chi connectivity index (χ0) is 19.3. The molecule has 0 heterocycles. The van der Waals surface area contributed by atoms with E-state index in [1.54, 1.807) is 32.9 Å². The fourth-order valence-electron chi connectivity index (χ4n) is 2.38. The van der Waals surface area contributed by atoms with E-state index in [0.717, 1.165) is 5.56 Å². The van der Waals surface area contributed by atoms with Crippen molar-refractivity contribution in [2.45, 2.75) is 71.1 Å². The van der Waals surface area contributed by atoms with Gasteiger partial charge in [0.2, 0.25) is 5.91 Å². The maximum Gasteiger partial charge on any atom is 0.306 e. The van der Waals surface area contributed by atoms with Crippen molar-refractivity contribution in [3.8, 4) is 0 Å². The molecule has 0 bridgehead atoms. The average Bonchev–Trinajstić information content (AvgIpc) is 2.44. The number of benzene rings is 1. The molecule has 0 aliphatic heterocycles. The normalized spacial score (nSPS) is 13.2. The second kappa shape index (κ2) is 8.43. The summed E-state index contributed by atoms with van der Waals surface area (Å²) >= 11 is 0.